The number of fused-ring (bicyclic) bond motifs is 1. The largest absolute Gasteiger partial charge is 0.305 e. The molecule has 3 rings (SSSR count). The number of nitrogens with one attached hydrogen (secondary N) is 1. The highest BCUT2D eigenvalue weighted by Crippen LogP contribution is 2.37. The van der Waals surface area contributed by atoms with Gasteiger partial charge >= 0.3 is 0 Å². The lowest BCUT2D eigenvalue weighted by Crippen LogP contribution is -2.44. The van der Waals surface area contributed by atoms with Crippen LogP contribution >= 0.6 is 11.3 Å². The van der Waals surface area contributed by atoms with Crippen LogP contribution in [0.3, 0.4) is 0 Å². The first-order valence-corrected chi connectivity index (χ1v) is 7.48. The van der Waals surface area contributed by atoms with Crippen molar-refractivity contribution in [3.8, 4) is 0 Å². The Morgan fingerprint density at radius 2 is 2.35 bits per heavy atom. The highest BCUT2D eigenvalue weighted by molar-refractivity contribution is 7.12. The van der Waals surface area contributed by atoms with E-state index in [1.54, 1.807) is 4.88 Å². The van der Waals surface area contributed by atoms with Crippen LogP contribution in [0.5, 0.6) is 0 Å². The maximum absolute atomic E-state index is 4.93. The van der Waals surface area contributed by atoms with E-state index in [4.69, 9.17) is 4.98 Å². The van der Waals surface area contributed by atoms with E-state index in [1.165, 1.54) is 42.9 Å². The monoisotopic (exact) mass is 251 g/mol. The van der Waals surface area contributed by atoms with Crippen molar-refractivity contribution in [2.75, 3.05) is 26.7 Å². The smallest absolute Gasteiger partial charge is 0.115 e. The fraction of sp³-hybridized carbons (Fsp3) is 0.769. The van der Waals surface area contributed by atoms with Gasteiger partial charge in [-0.25, -0.2) is 4.98 Å². The van der Waals surface area contributed by atoms with Crippen LogP contribution in [0.2, 0.25) is 0 Å². The number of hydrogen-bond acceptors (Lipinski definition) is 4. The summed E-state index contributed by atoms with van der Waals surface area (Å²) in [6.45, 7) is 5.50. The van der Waals surface area contributed by atoms with Gasteiger partial charge in [0.15, 0.2) is 0 Å². The minimum atomic E-state index is 0.137. The van der Waals surface area contributed by atoms with E-state index < -0.39 is 0 Å². The fourth-order valence-corrected chi connectivity index (χ4v) is 4.46. The maximum Gasteiger partial charge on any atom is 0.115 e. The van der Waals surface area contributed by atoms with E-state index in [-0.39, 0.29) is 5.54 Å². The number of aromatic nitrogens is 1. The first kappa shape index (κ1) is 11.6. The predicted molar refractivity (Wildman–Crippen MR) is 71.6 cm³/mol. The topological polar surface area (TPSA) is 28.2 Å². The molecule has 1 fully saturated rings. The Balaban J connectivity index is 1.92. The molecule has 94 valence electrons. The summed E-state index contributed by atoms with van der Waals surface area (Å²) in [6.07, 6.45) is 4.96. The highest BCUT2D eigenvalue weighted by Gasteiger charge is 2.41. The average Bonchev–Trinajstić information content (AvgIpc) is 2.92. The van der Waals surface area contributed by atoms with Crippen molar-refractivity contribution in [1.29, 1.82) is 0 Å². The van der Waals surface area contributed by atoms with Gasteiger partial charge in [-0.05, 0) is 39.3 Å². The summed E-state index contributed by atoms with van der Waals surface area (Å²) in [5.74, 6) is 0. The average molecular weight is 251 g/mol. The molecule has 2 aliphatic rings. The molecule has 1 aromatic heterocycles. The van der Waals surface area contributed by atoms with Gasteiger partial charge in [0.05, 0.1) is 11.2 Å². The lowest BCUT2D eigenvalue weighted by atomic mass is 9.99. The van der Waals surface area contributed by atoms with E-state index in [2.05, 4.69) is 24.2 Å². The van der Waals surface area contributed by atoms with Crippen LogP contribution in [0.25, 0.3) is 0 Å². The van der Waals surface area contributed by atoms with Gasteiger partial charge < -0.3 is 10.2 Å². The lowest BCUT2D eigenvalue weighted by Gasteiger charge is -2.27. The van der Waals surface area contributed by atoms with Crippen molar-refractivity contribution in [1.82, 2.24) is 15.2 Å². The molecule has 17 heavy (non-hydrogen) atoms. The third-order valence-corrected chi connectivity index (χ3v) is 5.34. The molecule has 4 heteroatoms. The van der Waals surface area contributed by atoms with Crippen LogP contribution < -0.4 is 5.32 Å². The molecule has 3 nitrogen and oxygen atoms in total. The number of hydrogen-bond donors (Lipinski definition) is 1. The van der Waals surface area contributed by atoms with Crippen molar-refractivity contribution < 1.29 is 0 Å². The molecule has 0 saturated carbocycles. The summed E-state index contributed by atoms with van der Waals surface area (Å²) in [7, 11) is 2.21. The SMILES string of the molecule is CCNC1(c2nc3c(s2)CCC3)CCN(C)C1. The molecule has 1 aliphatic carbocycles. The zero-order valence-corrected chi connectivity index (χ0v) is 11.6. The molecular formula is C13H21N3S. The summed E-state index contributed by atoms with van der Waals surface area (Å²) in [6, 6.07) is 0. The molecule has 1 atom stereocenters. The summed E-state index contributed by atoms with van der Waals surface area (Å²) >= 11 is 1.96. The quantitative estimate of drug-likeness (QED) is 0.887. The molecule has 0 bridgehead atoms. The van der Waals surface area contributed by atoms with E-state index in [1.807, 2.05) is 11.3 Å². The lowest BCUT2D eigenvalue weighted by molar-refractivity contribution is 0.320. The van der Waals surface area contributed by atoms with E-state index >= 15 is 0 Å². The minimum Gasteiger partial charge on any atom is -0.305 e. The summed E-state index contributed by atoms with van der Waals surface area (Å²) < 4.78 is 0. The zero-order valence-electron chi connectivity index (χ0n) is 10.8. The second-order valence-corrected chi connectivity index (χ2v) is 6.43. The van der Waals surface area contributed by atoms with Gasteiger partial charge in [-0.3, -0.25) is 0 Å². The van der Waals surface area contributed by atoms with E-state index in [0.717, 1.165) is 13.1 Å². The third-order valence-electron chi connectivity index (χ3n) is 3.98. The third kappa shape index (κ3) is 1.92. The Morgan fingerprint density at radius 3 is 3.00 bits per heavy atom. The summed E-state index contributed by atoms with van der Waals surface area (Å²) in [5, 5.41) is 5.04. The van der Waals surface area contributed by atoms with Gasteiger partial charge in [0.2, 0.25) is 0 Å². The van der Waals surface area contributed by atoms with Crippen molar-refractivity contribution in [2.24, 2.45) is 0 Å². The zero-order chi connectivity index (χ0) is 11.9. The molecule has 1 saturated heterocycles. The Morgan fingerprint density at radius 1 is 1.47 bits per heavy atom. The predicted octanol–water partition coefficient (Wildman–Crippen LogP) is 1.77. The Bertz CT molecular complexity index is 389. The summed E-state index contributed by atoms with van der Waals surface area (Å²) in [5.41, 5.74) is 1.52. The molecule has 1 unspecified atom stereocenters. The normalized spacial score (nSPS) is 28.8. The van der Waals surface area contributed by atoms with Gasteiger partial charge in [0.1, 0.15) is 5.01 Å². The first-order chi connectivity index (χ1) is 8.23. The van der Waals surface area contributed by atoms with Gasteiger partial charge in [0.25, 0.3) is 0 Å². The van der Waals surface area contributed by atoms with Crippen molar-refractivity contribution in [3.05, 3.63) is 15.6 Å². The molecule has 1 N–H and O–H groups in total. The van der Waals surface area contributed by atoms with Crippen molar-refractivity contribution >= 4 is 11.3 Å². The van der Waals surface area contributed by atoms with E-state index in [0.29, 0.717) is 0 Å². The van der Waals surface area contributed by atoms with Crippen LogP contribution in [0, 0.1) is 0 Å². The van der Waals surface area contributed by atoms with E-state index in [9.17, 15) is 0 Å². The summed E-state index contributed by atoms with van der Waals surface area (Å²) in [4.78, 5) is 8.89. The number of rotatable bonds is 3. The molecule has 1 aliphatic heterocycles. The number of nitrogens with zero attached hydrogens (tertiary/aromatic N) is 2. The van der Waals surface area contributed by atoms with Gasteiger partial charge in [-0.2, -0.15) is 0 Å². The van der Waals surface area contributed by atoms with Crippen molar-refractivity contribution in [2.45, 2.75) is 38.1 Å². The Kier molecular flexibility index (Phi) is 2.97. The first-order valence-electron chi connectivity index (χ1n) is 6.66. The molecule has 2 heterocycles. The molecule has 0 amide bonds. The molecule has 1 aromatic rings. The molecule has 0 aromatic carbocycles. The second kappa shape index (κ2) is 4.34. The molecule has 0 spiro atoms. The minimum absolute atomic E-state index is 0.137. The number of likely N-dealkylation sites (N-methyl/N-ethyl adjacent to an activating group) is 2. The van der Waals surface area contributed by atoms with Gasteiger partial charge in [0, 0.05) is 18.0 Å². The van der Waals surface area contributed by atoms with Gasteiger partial charge in [-0.1, -0.05) is 6.92 Å². The maximum atomic E-state index is 4.93. The van der Waals surface area contributed by atoms with Crippen LogP contribution in [0.4, 0.5) is 0 Å². The Labute approximate surface area is 107 Å². The number of likely N-dealkylation sites (tertiary alicyclic amines) is 1. The molecular weight excluding hydrogens is 230 g/mol. The highest BCUT2D eigenvalue weighted by atomic mass is 32.1. The van der Waals surface area contributed by atoms with Crippen molar-refractivity contribution in [3.63, 3.8) is 0 Å². The van der Waals surface area contributed by atoms with Crippen LogP contribution in [0.15, 0.2) is 0 Å². The standard InChI is InChI=1S/C13H21N3S/c1-3-14-13(7-8-16(2)9-13)12-15-10-5-4-6-11(10)17-12/h14H,3-9H2,1-2H3. The van der Waals surface area contributed by atoms with Crippen LogP contribution in [-0.4, -0.2) is 36.6 Å². The number of thiazole rings is 1. The Hall–Kier alpha value is -0.450. The fourth-order valence-electron chi connectivity index (χ4n) is 3.13. The second-order valence-electron chi connectivity index (χ2n) is 5.34. The number of aryl methyl sites for hydroxylation is 2. The van der Waals surface area contributed by atoms with Crippen LogP contribution in [-0.2, 0) is 18.4 Å². The molecule has 0 radical (unpaired) electrons. The van der Waals surface area contributed by atoms with Gasteiger partial charge in [-0.15, -0.1) is 11.3 Å². The van der Waals surface area contributed by atoms with Crippen LogP contribution in [0.1, 0.15) is 35.3 Å².